The molecule has 0 unspecified atom stereocenters. The number of aromatic hydroxyl groups is 1. The highest BCUT2D eigenvalue weighted by molar-refractivity contribution is 5.96. The molecule has 3 aromatic rings. The van der Waals surface area contributed by atoms with Gasteiger partial charge in [-0.3, -0.25) is 0 Å². The van der Waals surface area contributed by atoms with Crippen molar-refractivity contribution in [1.82, 2.24) is 0 Å². The van der Waals surface area contributed by atoms with Gasteiger partial charge in [0.25, 0.3) is 0 Å². The van der Waals surface area contributed by atoms with E-state index < -0.39 is 0 Å². The minimum Gasteiger partial charge on any atom is -0.508 e. The maximum absolute atomic E-state index is 9.26. The second-order valence-electron chi connectivity index (χ2n) is 4.65. The van der Waals surface area contributed by atoms with Crippen LogP contribution in [0.4, 0.5) is 5.69 Å². The monoisotopic (exact) mass is 265 g/mol. The molecule has 0 spiro atoms. The van der Waals surface area contributed by atoms with Gasteiger partial charge in [-0.2, -0.15) is 0 Å². The predicted octanol–water partition coefficient (Wildman–Crippen LogP) is 3.71. The van der Waals surface area contributed by atoms with Gasteiger partial charge in [0.05, 0.1) is 0 Å². The number of phenolic OH excluding ortho intramolecular Hbond substituents is 1. The molecule has 0 amide bonds. The van der Waals surface area contributed by atoms with Crippen LogP contribution in [0.5, 0.6) is 11.5 Å². The first-order valence-corrected chi connectivity index (χ1v) is 6.42. The first-order valence-electron chi connectivity index (χ1n) is 6.42. The molecule has 0 heterocycles. The third-order valence-corrected chi connectivity index (χ3v) is 3.25. The van der Waals surface area contributed by atoms with Crippen molar-refractivity contribution in [2.45, 2.75) is 6.61 Å². The van der Waals surface area contributed by atoms with Gasteiger partial charge < -0.3 is 15.6 Å². The molecule has 0 aliphatic heterocycles. The Hall–Kier alpha value is -2.68. The van der Waals surface area contributed by atoms with Crippen molar-refractivity contribution in [2.75, 3.05) is 5.73 Å². The Morgan fingerprint density at radius 1 is 0.850 bits per heavy atom. The van der Waals surface area contributed by atoms with Crippen LogP contribution >= 0.6 is 0 Å². The minimum absolute atomic E-state index is 0.256. The molecule has 3 rings (SSSR count). The molecule has 3 N–H and O–H groups in total. The highest BCUT2D eigenvalue weighted by Gasteiger charge is 2.05. The van der Waals surface area contributed by atoms with E-state index in [1.54, 1.807) is 12.1 Å². The third-order valence-electron chi connectivity index (χ3n) is 3.25. The summed E-state index contributed by atoms with van der Waals surface area (Å²) in [7, 11) is 0. The average molecular weight is 265 g/mol. The number of nitrogens with two attached hydrogens (primary N) is 1. The van der Waals surface area contributed by atoms with E-state index in [1.807, 2.05) is 48.5 Å². The van der Waals surface area contributed by atoms with E-state index >= 15 is 0 Å². The number of phenols is 1. The zero-order valence-electron chi connectivity index (χ0n) is 10.9. The number of rotatable bonds is 3. The van der Waals surface area contributed by atoms with Gasteiger partial charge in [-0.1, -0.05) is 36.4 Å². The lowest BCUT2D eigenvalue weighted by Gasteiger charge is -2.11. The molecule has 0 saturated carbocycles. The van der Waals surface area contributed by atoms with Gasteiger partial charge in [0.1, 0.15) is 18.1 Å². The first-order chi connectivity index (χ1) is 9.74. The van der Waals surface area contributed by atoms with Crippen LogP contribution < -0.4 is 10.5 Å². The van der Waals surface area contributed by atoms with E-state index in [0.717, 1.165) is 27.8 Å². The molecule has 100 valence electrons. The number of hydrogen-bond acceptors (Lipinski definition) is 3. The standard InChI is InChI=1S/C17H15NO2/c18-16-9-10-17(15-4-2-1-3-14(15)16)20-11-12-5-7-13(19)8-6-12/h1-10,19H,11,18H2. The summed E-state index contributed by atoms with van der Waals surface area (Å²) in [5, 5.41) is 11.3. The maximum Gasteiger partial charge on any atom is 0.127 e. The summed E-state index contributed by atoms with van der Waals surface area (Å²) in [5.41, 5.74) is 7.72. The van der Waals surface area contributed by atoms with Crippen LogP contribution in [0, 0.1) is 0 Å². The van der Waals surface area contributed by atoms with Gasteiger partial charge in [0, 0.05) is 16.5 Å². The molecule has 20 heavy (non-hydrogen) atoms. The minimum atomic E-state index is 0.256. The molecule has 3 aromatic carbocycles. The Labute approximate surface area is 117 Å². The Balaban J connectivity index is 1.88. The van der Waals surface area contributed by atoms with Gasteiger partial charge in [-0.25, -0.2) is 0 Å². The van der Waals surface area contributed by atoms with E-state index in [2.05, 4.69) is 0 Å². The molecule has 0 saturated heterocycles. The van der Waals surface area contributed by atoms with Gasteiger partial charge in [-0.15, -0.1) is 0 Å². The predicted molar refractivity (Wildman–Crippen MR) is 80.8 cm³/mol. The van der Waals surface area contributed by atoms with Gasteiger partial charge in [-0.05, 0) is 29.8 Å². The zero-order chi connectivity index (χ0) is 13.9. The van der Waals surface area contributed by atoms with Crippen molar-refractivity contribution in [3.8, 4) is 11.5 Å². The normalized spacial score (nSPS) is 10.6. The molecular formula is C17H15NO2. The first kappa shape index (κ1) is 12.4. The lowest BCUT2D eigenvalue weighted by Crippen LogP contribution is -1.97. The van der Waals surface area contributed by atoms with Crippen LogP contribution in [0.25, 0.3) is 10.8 Å². The molecule has 0 atom stereocenters. The van der Waals surface area contributed by atoms with Crippen LogP contribution in [-0.4, -0.2) is 5.11 Å². The summed E-state index contributed by atoms with van der Waals surface area (Å²) in [6.07, 6.45) is 0. The lowest BCUT2D eigenvalue weighted by atomic mass is 10.1. The zero-order valence-corrected chi connectivity index (χ0v) is 10.9. The van der Waals surface area contributed by atoms with E-state index in [1.165, 1.54) is 0 Å². The van der Waals surface area contributed by atoms with Crippen LogP contribution in [-0.2, 0) is 6.61 Å². The number of nitrogen functional groups attached to an aromatic ring is 1. The van der Waals surface area contributed by atoms with E-state index in [-0.39, 0.29) is 5.75 Å². The fraction of sp³-hybridized carbons (Fsp3) is 0.0588. The SMILES string of the molecule is Nc1ccc(OCc2ccc(O)cc2)c2ccccc12. The highest BCUT2D eigenvalue weighted by atomic mass is 16.5. The van der Waals surface area contributed by atoms with Crippen LogP contribution in [0.3, 0.4) is 0 Å². The van der Waals surface area contributed by atoms with Crippen LogP contribution in [0.1, 0.15) is 5.56 Å². The molecule has 0 bridgehead atoms. The van der Waals surface area contributed by atoms with E-state index in [0.29, 0.717) is 6.61 Å². The molecule has 3 nitrogen and oxygen atoms in total. The number of anilines is 1. The number of hydrogen-bond donors (Lipinski definition) is 2. The molecule has 0 aliphatic carbocycles. The van der Waals surface area contributed by atoms with Crippen molar-refractivity contribution < 1.29 is 9.84 Å². The van der Waals surface area contributed by atoms with Gasteiger partial charge in [0.15, 0.2) is 0 Å². The highest BCUT2D eigenvalue weighted by Crippen LogP contribution is 2.30. The van der Waals surface area contributed by atoms with Crippen molar-refractivity contribution in [2.24, 2.45) is 0 Å². The largest absolute Gasteiger partial charge is 0.508 e. The summed E-state index contributed by atoms with van der Waals surface area (Å²) in [5.74, 6) is 1.06. The molecule has 0 aliphatic rings. The van der Waals surface area contributed by atoms with Gasteiger partial charge in [0.2, 0.25) is 0 Å². The molecule has 0 radical (unpaired) electrons. The third kappa shape index (κ3) is 2.38. The Kier molecular flexibility index (Phi) is 3.17. The van der Waals surface area contributed by atoms with E-state index in [9.17, 15) is 5.11 Å². The summed E-state index contributed by atoms with van der Waals surface area (Å²) in [6, 6.07) is 18.6. The Bertz CT molecular complexity index is 736. The topological polar surface area (TPSA) is 55.5 Å². The maximum atomic E-state index is 9.26. The molecule has 3 heteroatoms. The van der Waals surface area contributed by atoms with Crippen molar-refractivity contribution in [3.05, 3.63) is 66.2 Å². The van der Waals surface area contributed by atoms with Gasteiger partial charge >= 0.3 is 0 Å². The van der Waals surface area contributed by atoms with Crippen molar-refractivity contribution in [1.29, 1.82) is 0 Å². The second kappa shape index (κ2) is 5.13. The fourth-order valence-corrected chi connectivity index (χ4v) is 2.17. The lowest BCUT2D eigenvalue weighted by molar-refractivity contribution is 0.310. The van der Waals surface area contributed by atoms with Crippen molar-refractivity contribution in [3.63, 3.8) is 0 Å². The average Bonchev–Trinajstić information content (AvgIpc) is 2.49. The van der Waals surface area contributed by atoms with Crippen LogP contribution in [0.2, 0.25) is 0 Å². The number of ether oxygens (including phenoxy) is 1. The summed E-state index contributed by atoms with van der Waals surface area (Å²) in [4.78, 5) is 0. The quantitative estimate of drug-likeness (QED) is 0.710. The van der Waals surface area contributed by atoms with E-state index in [4.69, 9.17) is 10.5 Å². The van der Waals surface area contributed by atoms with Crippen molar-refractivity contribution >= 4 is 16.5 Å². The number of benzene rings is 3. The Morgan fingerprint density at radius 3 is 2.30 bits per heavy atom. The fourth-order valence-electron chi connectivity index (χ4n) is 2.17. The number of fused-ring (bicyclic) bond motifs is 1. The smallest absolute Gasteiger partial charge is 0.127 e. The molecule has 0 fully saturated rings. The molecule has 0 aromatic heterocycles. The molecular weight excluding hydrogens is 250 g/mol. The Morgan fingerprint density at radius 2 is 1.55 bits per heavy atom. The summed E-state index contributed by atoms with van der Waals surface area (Å²) in [6.45, 7) is 0.453. The second-order valence-corrected chi connectivity index (χ2v) is 4.65. The summed E-state index contributed by atoms with van der Waals surface area (Å²) >= 11 is 0. The summed E-state index contributed by atoms with van der Waals surface area (Å²) < 4.78 is 5.86. The van der Waals surface area contributed by atoms with Crippen LogP contribution in [0.15, 0.2) is 60.7 Å².